The van der Waals surface area contributed by atoms with Crippen LogP contribution in [0.4, 0.5) is 4.39 Å². The SMILES string of the molecule is NC(=O)c1ccc(C(=O)N2C[C@@H](O)C[C@@H]2c2ccc(F)cc2)cc1. The van der Waals surface area contributed by atoms with Gasteiger partial charge in [-0.3, -0.25) is 9.59 Å². The van der Waals surface area contributed by atoms with Gasteiger partial charge in [0.15, 0.2) is 0 Å². The molecule has 1 aliphatic rings. The van der Waals surface area contributed by atoms with Crippen molar-refractivity contribution in [1.29, 1.82) is 0 Å². The Bertz CT molecular complexity index is 759. The predicted molar refractivity (Wildman–Crippen MR) is 85.8 cm³/mol. The van der Waals surface area contributed by atoms with Crippen molar-refractivity contribution in [2.24, 2.45) is 5.73 Å². The second-order valence-electron chi connectivity index (χ2n) is 5.86. The lowest BCUT2D eigenvalue weighted by molar-refractivity contribution is 0.0715. The lowest BCUT2D eigenvalue weighted by Crippen LogP contribution is -2.31. The van der Waals surface area contributed by atoms with Crippen LogP contribution < -0.4 is 5.73 Å². The Labute approximate surface area is 138 Å². The first-order valence-electron chi connectivity index (χ1n) is 7.60. The summed E-state index contributed by atoms with van der Waals surface area (Å²) in [5.74, 6) is -1.16. The van der Waals surface area contributed by atoms with Crippen LogP contribution in [0.2, 0.25) is 0 Å². The number of aliphatic hydroxyl groups excluding tert-OH is 1. The average molecular weight is 328 g/mol. The third-order valence-corrected chi connectivity index (χ3v) is 4.21. The van der Waals surface area contributed by atoms with Crippen LogP contribution in [0, 0.1) is 5.82 Å². The van der Waals surface area contributed by atoms with Crippen LogP contribution in [0.15, 0.2) is 48.5 Å². The molecule has 24 heavy (non-hydrogen) atoms. The van der Waals surface area contributed by atoms with E-state index in [2.05, 4.69) is 0 Å². The number of carbonyl (C=O) groups excluding carboxylic acids is 2. The zero-order chi connectivity index (χ0) is 17.3. The van der Waals surface area contributed by atoms with Crippen LogP contribution in [-0.4, -0.2) is 34.5 Å². The van der Waals surface area contributed by atoms with Crippen molar-refractivity contribution in [3.8, 4) is 0 Å². The summed E-state index contributed by atoms with van der Waals surface area (Å²) in [5.41, 5.74) is 6.69. The second-order valence-corrected chi connectivity index (χ2v) is 5.86. The molecule has 0 aliphatic carbocycles. The topological polar surface area (TPSA) is 83.6 Å². The Balaban J connectivity index is 1.86. The number of amides is 2. The van der Waals surface area contributed by atoms with Gasteiger partial charge in [-0.15, -0.1) is 0 Å². The summed E-state index contributed by atoms with van der Waals surface area (Å²) in [6.07, 6.45) is -0.231. The molecule has 0 spiro atoms. The number of carbonyl (C=O) groups is 2. The average Bonchev–Trinajstić information content (AvgIpc) is 2.96. The molecule has 1 fully saturated rings. The van der Waals surface area contributed by atoms with E-state index in [-0.39, 0.29) is 24.3 Å². The Kier molecular flexibility index (Phi) is 4.31. The van der Waals surface area contributed by atoms with Crippen LogP contribution >= 0.6 is 0 Å². The summed E-state index contributed by atoms with van der Waals surface area (Å²) in [5, 5.41) is 9.97. The van der Waals surface area contributed by atoms with Gasteiger partial charge in [0, 0.05) is 17.7 Å². The molecule has 3 rings (SSSR count). The van der Waals surface area contributed by atoms with Gasteiger partial charge in [0.1, 0.15) is 5.82 Å². The van der Waals surface area contributed by atoms with Crippen LogP contribution in [0.1, 0.15) is 38.7 Å². The fourth-order valence-electron chi connectivity index (χ4n) is 2.98. The maximum atomic E-state index is 13.1. The molecule has 2 aromatic carbocycles. The number of hydrogen-bond donors (Lipinski definition) is 2. The molecule has 3 N–H and O–H groups in total. The smallest absolute Gasteiger partial charge is 0.254 e. The molecule has 0 radical (unpaired) electrons. The van der Waals surface area contributed by atoms with E-state index in [1.165, 1.54) is 36.4 Å². The van der Waals surface area contributed by atoms with Gasteiger partial charge in [0.05, 0.1) is 12.1 Å². The summed E-state index contributed by atoms with van der Waals surface area (Å²) >= 11 is 0. The molecular weight excluding hydrogens is 311 g/mol. The summed E-state index contributed by atoms with van der Waals surface area (Å²) in [6, 6.07) is 11.7. The highest BCUT2D eigenvalue weighted by molar-refractivity contribution is 5.97. The number of rotatable bonds is 3. The van der Waals surface area contributed by atoms with E-state index in [0.717, 1.165) is 5.56 Å². The van der Waals surface area contributed by atoms with Crippen molar-refractivity contribution < 1.29 is 19.1 Å². The first kappa shape index (κ1) is 16.1. The summed E-state index contributed by atoms with van der Waals surface area (Å²) in [7, 11) is 0. The highest BCUT2D eigenvalue weighted by atomic mass is 19.1. The van der Waals surface area contributed by atoms with E-state index in [4.69, 9.17) is 5.73 Å². The van der Waals surface area contributed by atoms with E-state index in [9.17, 15) is 19.1 Å². The lowest BCUT2D eigenvalue weighted by atomic mass is 10.0. The second kappa shape index (κ2) is 6.41. The van der Waals surface area contributed by atoms with Crippen molar-refractivity contribution in [3.63, 3.8) is 0 Å². The molecule has 0 aromatic heterocycles. The fraction of sp³-hybridized carbons (Fsp3) is 0.222. The maximum Gasteiger partial charge on any atom is 0.254 e. The van der Waals surface area contributed by atoms with Crippen molar-refractivity contribution in [2.75, 3.05) is 6.54 Å². The highest BCUT2D eigenvalue weighted by Crippen LogP contribution is 2.33. The third kappa shape index (κ3) is 3.14. The van der Waals surface area contributed by atoms with Crippen LogP contribution in [-0.2, 0) is 0 Å². The standard InChI is InChI=1S/C18H17FN2O3/c19-14-7-5-11(6-8-14)16-9-15(22)10-21(16)18(24)13-3-1-12(2-4-13)17(20)23/h1-8,15-16,22H,9-10H2,(H2,20,23)/t15-,16+/m0/s1. The molecule has 0 unspecified atom stereocenters. The summed E-state index contributed by atoms with van der Waals surface area (Å²) in [6.45, 7) is 0.207. The Hall–Kier alpha value is -2.73. The van der Waals surface area contributed by atoms with Gasteiger partial charge in [-0.25, -0.2) is 4.39 Å². The quantitative estimate of drug-likeness (QED) is 0.902. The molecule has 2 amide bonds. The Morgan fingerprint density at radius 3 is 2.21 bits per heavy atom. The fourth-order valence-corrected chi connectivity index (χ4v) is 2.98. The van der Waals surface area contributed by atoms with Crippen molar-refractivity contribution >= 4 is 11.8 Å². The molecule has 0 bridgehead atoms. The molecule has 6 heteroatoms. The minimum atomic E-state index is -0.631. The number of primary amides is 1. The molecule has 1 aliphatic heterocycles. The highest BCUT2D eigenvalue weighted by Gasteiger charge is 2.35. The number of benzene rings is 2. The van der Waals surface area contributed by atoms with Gasteiger partial charge in [0.2, 0.25) is 5.91 Å². The molecule has 1 heterocycles. The third-order valence-electron chi connectivity index (χ3n) is 4.21. The molecule has 2 aromatic rings. The first-order chi connectivity index (χ1) is 11.5. The van der Waals surface area contributed by atoms with Crippen molar-refractivity contribution in [3.05, 3.63) is 71.0 Å². The molecule has 5 nitrogen and oxygen atoms in total. The Morgan fingerprint density at radius 2 is 1.62 bits per heavy atom. The van der Waals surface area contributed by atoms with Crippen LogP contribution in [0.5, 0.6) is 0 Å². The van der Waals surface area contributed by atoms with E-state index in [1.54, 1.807) is 17.0 Å². The number of nitrogens with zero attached hydrogens (tertiary/aromatic N) is 1. The zero-order valence-corrected chi connectivity index (χ0v) is 12.9. The van der Waals surface area contributed by atoms with Crippen molar-refractivity contribution in [2.45, 2.75) is 18.6 Å². The molecule has 0 saturated carbocycles. The van der Waals surface area contributed by atoms with Gasteiger partial charge in [0.25, 0.3) is 5.91 Å². The zero-order valence-electron chi connectivity index (χ0n) is 12.9. The number of β-amino-alcohol motifs (C(OH)–C–C–N with tert-alkyl or cyclic N) is 1. The van der Waals surface area contributed by atoms with Gasteiger partial charge in [-0.1, -0.05) is 12.1 Å². The minimum absolute atomic E-state index is 0.207. The van der Waals surface area contributed by atoms with Crippen LogP contribution in [0.25, 0.3) is 0 Å². The number of likely N-dealkylation sites (tertiary alicyclic amines) is 1. The van der Waals surface area contributed by atoms with E-state index < -0.39 is 12.0 Å². The minimum Gasteiger partial charge on any atom is -0.391 e. The van der Waals surface area contributed by atoms with Gasteiger partial charge in [-0.05, 0) is 48.4 Å². The normalized spacial score (nSPS) is 20.2. The molecule has 2 atom stereocenters. The molecular formula is C18H17FN2O3. The van der Waals surface area contributed by atoms with E-state index >= 15 is 0 Å². The molecule has 1 saturated heterocycles. The number of aliphatic hydroxyl groups is 1. The largest absolute Gasteiger partial charge is 0.391 e. The monoisotopic (exact) mass is 328 g/mol. The summed E-state index contributed by atoms with van der Waals surface area (Å²) in [4.78, 5) is 25.4. The number of halogens is 1. The van der Waals surface area contributed by atoms with Gasteiger partial charge < -0.3 is 15.7 Å². The van der Waals surface area contributed by atoms with Crippen molar-refractivity contribution in [1.82, 2.24) is 4.90 Å². The van der Waals surface area contributed by atoms with Gasteiger partial charge >= 0.3 is 0 Å². The van der Waals surface area contributed by atoms with E-state index in [1.807, 2.05) is 0 Å². The number of nitrogens with two attached hydrogens (primary N) is 1. The summed E-state index contributed by atoms with van der Waals surface area (Å²) < 4.78 is 13.1. The lowest BCUT2D eigenvalue weighted by Gasteiger charge is -2.25. The van der Waals surface area contributed by atoms with Crippen LogP contribution in [0.3, 0.4) is 0 Å². The maximum absolute atomic E-state index is 13.1. The number of hydrogen-bond acceptors (Lipinski definition) is 3. The van der Waals surface area contributed by atoms with E-state index in [0.29, 0.717) is 17.5 Å². The predicted octanol–water partition coefficient (Wildman–Crippen LogP) is 1.87. The first-order valence-corrected chi connectivity index (χ1v) is 7.60. The molecule has 124 valence electrons. The van der Waals surface area contributed by atoms with Gasteiger partial charge in [-0.2, -0.15) is 0 Å². The Morgan fingerprint density at radius 1 is 1.04 bits per heavy atom.